The SMILES string of the molecule is CC1CCc2c(sc3nc(CN(C)C)n(CCO)c(=O)c23)C1. The second-order valence-electron chi connectivity index (χ2n) is 6.48. The molecule has 120 valence electrons. The maximum atomic E-state index is 12.9. The predicted octanol–water partition coefficient (Wildman–Crippen LogP) is 1.64. The first-order chi connectivity index (χ1) is 10.5. The molecule has 1 aliphatic rings. The average Bonchev–Trinajstić information content (AvgIpc) is 2.79. The van der Waals surface area contributed by atoms with E-state index in [9.17, 15) is 9.90 Å². The van der Waals surface area contributed by atoms with E-state index < -0.39 is 0 Å². The van der Waals surface area contributed by atoms with Crippen molar-refractivity contribution in [2.45, 2.75) is 39.3 Å². The zero-order valence-electron chi connectivity index (χ0n) is 13.4. The standard InChI is InChI=1S/C16H23N3O2S/c1-10-4-5-11-12(8-10)22-15-14(11)16(21)19(6-7-20)13(17-15)9-18(2)3/h10,20H,4-9H2,1-3H3. The van der Waals surface area contributed by atoms with Crippen LogP contribution in [0.4, 0.5) is 0 Å². The molecule has 0 fully saturated rings. The Morgan fingerprint density at radius 1 is 1.45 bits per heavy atom. The average molecular weight is 321 g/mol. The molecular formula is C16H23N3O2S. The highest BCUT2D eigenvalue weighted by molar-refractivity contribution is 7.18. The van der Waals surface area contributed by atoms with Gasteiger partial charge in [0.15, 0.2) is 0 Å². The van der Waals surface area contributed by atoms with Gasteiger partial charge in [0.25, 0.3) is 5.56 Å². The predicted molar refractivity (Wildman–Crippen MR) is 89.5 cm³/mol. The maximum Gasteiger partial charge on any atom is 0.262 e. The summed E-state index contributed by atoms with van der Waals surface area (Å²) >= 11 is 1.68. The molecule has 1 atom stereocenters. The van der Waals surface area contributed by atoms with Crippen molar-refractivity contribution >= 4 is 21.6 Å². The fraction of sp³-hybridized carbons (Fsp3) is 0.625. The van der Waals surface area contributed by atoms with Crippen LogP contribution in [0, 0.1) is 5.92 Å². The minimum Gasteiger partial charge on any atom is -0.395 e. The number of hydrogen-bond donors (Lipinski definition) is 1. The van der Waals surface area contributed by atoms with Crippen molar-refractivity contribution in [2.24, 2.45) is 5.92 Å². The van der Waals surface area contributed by atoms with Crippen LogP contribution in [-0.2, 0) is 25.9 Å². The highest BCUT2D eigenvalue weighted by Crippen LogP contribution is 2.35. The first kappa shape index (κ1) is 15.6. The van der Waals surface area contributed by atoms with Crippen molar-refractivity contribution < 1.29 is 5.11 Å². The van der Waals surface area contributed by atoms with Gasteiger partial charge in [-0.25, -0.2) is 4.98 Å². The summed E-state index contributed by atoms with van der Waals surface area (Å²) in [6.45, 7) is 3.13. The summed E-state index contributed by atoms with van der Waals surface area (Å²) in [6, 6.07) is 0. The molecule has 0 saturated carbocycles. The molecule has 2 aromatic rings. The summed E-state index contributed by atoms with van der Waals surface area (Å²) in [6.07, 6.45) is 3.16. The van der Waals surface area contributed by atoms with Gasteiger partial charge in [-0.2, -0.15) is 0 Å². The molecule has 6 heteroatoms. The van der Waals surface area contributed by atoms with Crippen molar-refractivity contribution in [3.63, 3.8) is 0 Å². The first-order valence-corrected chi connectivity index (χ1v) is 8.62. The Labute approximate surface area is 134 Å². The van der Waals surface area contributed by atoms with Crippen molar-refractivity contribution in [2.75, 3.05) is 20.7 Å². The molecular weight excluding hydrogens is 298 g/mol. The molecule has 0 bridgehead atoms. The van der Waals surface area contributed by atoms with Gasteiger partial charge in [-0.05, 0) is 44.8 Å². The second kappa shape index (κ2) is 6.10. The Balaban J connectivity index is 2.21. The number of hydrogen-bond acceptors (Lipinski definition) is 5. The van der Waals surface area contributed by atoms with Crippen LogP contribution in [0.1, 0.15) is 29.6 Å². The van der Waals surface area contributed by atoms with Crippen LogP contribution in [0.25, 0.3) is 10.2 Å². The number of rotatable bonds is 4. The Morgan fingerprint density at radius 2 is 2.23 bits per heavy atom. The zero-order chi connectivity index (χ0) is 15.9. The highest BCUT2D eigenvalue weighted by atomic mass is 32.1. The molecule has 3 rings (SSSR count). The van der Waals surface area contributed by atoms with Crippen LogP contribution in [0.2, 0.25) is 0 Å². The summed E-state index contributed by atoms with van der Waals surface area (Å²) in [5.41, 5.74) is 1.22. The van der Waals surface area contributed by atoms with Gasteiger partial charge < -0.3 is 10.0 Å². The van der Waals surface area contributed by atoms with Gasteiger partial charge in [-0.1, -0.05) is 6.92 Å². The molecule has 0 aromatic carbocycles. The number of aromatic nitrogens is 2. The van der Waals surface area contributed by atoms with Crippen LogP contribution in [0.15, 0.2) is 4.79 Å². The highest BCUT2D eigenvalue weighted by Gasteiger charge is 2.24. The number of aryl methyl sites for hydroxylation is 1. The Kier molecular flexibility index (Phi) is 4.34. The Morgan fingerprint density at radius 3 is 2.91 bits per heavy atom. The second-order valence-corrected chi connectivity index (χ2v) is 7.56. The third-order valence-electron chi connectivity index (χ3n) is 4.28. The van der Waals surface area contributed by atoms with E-state index in [1.807, 2.05) is 19.0 Å². The van der Waals surface area contributed by atoms with Crippen LogP contribution < -0.4 is 5.56 Å². The molecule has 1 N–H and O–H groups in total. The smallest absolute Gasteiger partial charge is 0.262 e. The van der Waals surface area contributed by atoms with Crippen LogP contribution in [0.5, 0.6) is 0 Å². The third-order valence-corrected chi connectivity index (χ3v) is 5.42. The van der Waals surface area contributed by atoms with E-state index in [0.717, 1.165) is 35.3 Å². The number of aliphatic hydroxyl groups excluding tert-OH is 1. The van der Waals surface area contributed by atoms with Crippen molar-refractivity contribution in [3.8, 4) is 0 Å². The number of nitrogens with zero attached hydrogens (tertiary/aromatic N) is 3. The van der Waals surface area contributed by atoms with Gasteiger partial charge in [0.05, 0.1) is 25.1 Å². The van der Waals surface area contributed by atoms with Gasteiger partial charge in [-0.3, -0.25) is 9.36 Å². The summed E-state index contributed by atoms with van der Waals surface area (Å²) in [7, 11) is 3.92. The summed E-state index contributed by atoms with van der Waals surface area (Å²) in [5.74, 6) is 1.42. The summed E-state index contributed by atoms with van der Waals surface area (Å²) in [5, 5.41) is 10.1. The molecule has 1 unspecified atom stereocenters. The van der Waals surface area contributed by atoms with Gasteiger partial charge in [0.1, 0.15) is 10.7 Å². The molecule has 0 amide bonds. The zero-order valence-corrected chi connectivity index (χ0v) is 14.2. The largest absolute Gasteiger partial charge is 0.395 e. The minimum absolute atomic E-state index is 0.0166. The van der Waals surface area contributed by atoms with Crippen molar-refractivity contribution in [1.29, 1.82) is 0 Å². The first-order valence-electron chi connectivity index (χ1n) is 7.80. The minimum atomic E-state index is -0.0448. The molecule has 1 aliphatic carbocycles. The van der Waals surface area contributed by atoms with E-state index in [1.54, 1.807) is 15.9 Å². The molecule has 22 heavy (non-hydrogen) atoms. The van der Waals surface area contributed by atoms with E-state index in [-0.39, 0.29) is 12.2 Å². The van der Waals surface area contributed by atoms with Gasteiger partial charge >= 0.3 is 0 Å². The lowest BCUT2D eigenvalue weighted by Crippen LogP contribution is -2.29. The summed E-state index contributed by atoms with van der Waals surface area (Å²) in [4.78, 5) is 21.9. The van der Waals surface area contributed by atoms with Gasteiger partial charge in [0.2, 0.25) is 0 Å². The van der Waals surface area contributed by atoms with E-state index in [2.05, 4.69) is 6.92 Å². The van der Waals surface area contributed by atoms with Crippen LogP contribution in [0.3, 0.4) is 0 Å². The lowest BCUT2D eigenvalue weighted by Gasteiger charge is -2.18. The topological polar surface area (TPSA) is 58.4 Å². The van der Waals surface area contributed by atoms with E-state index in [0.29, 0.717) is 19.0 Å². The molecule has 0 radical (unpaired) electrons. The monoisotopic (exact) mass is 321 g/mol. The summed E-state index contributed by atoms with van der Waals surface area (Å²) < 4.78 is 1.65. The Bertz CT molecular complexity index is 748. The van der Waals surface area contributed by atoms with Crippen molar-refractivity contribution in [3.05, 3.63) is 26.6 Å². The lowest BCUT2D eigenvalue weighted by molar-refractivity contribution is 0.267. The van der Waals surface area contributed by atoms with Crippen LogP contribution >= 0.6 is 11.3 Å². The fourth-order valence-corrected chi connectivity index (χ4v) is 4.59. The molecule has 2 heterocycles. The molecule has 5 nitrogen and oxygen atoms in total. The van der Waals surface area contributed by atoms with E-state index in [4.69, 9.17) is 4.98 Å². The number of thiophene rings is 1. The normalized spacial score (nSPS) is 18.1. The van der Waals surface area contributed by atoms with Crippen LogP contribution in [-0.4, -0.2) is 40.3 Å². The van der Waals surface area contributed by atoms with E-state index >= 15 is 0 Å². The van der Waals surface area contributed by atoms with E-state index in [1.165, 1.54) is 10.4 Å². The third kappa shape index (κ3) is 2.71. The molecule has 0 spiro atoms. The van der Waals surface area contributed by atoms with Crippen molar-refractivity contribution in [1.82, 2.24) is 14.5 Å². The lowest BCUT2D eigenvalue weighted by atomic mass is 9.89. The van der Waals surface area contributed by atoms with Gasteiger partial charge in [-0.15, -0.1) is 11.3 Å². The molecule has 2 aromatic heterocycles. The number of fused-ring (bicyclic) bond motifs is 3. The molecule has 0 aliphatic heterocycles. The number of aliphatic hydroxyl groups is 1. The molecule has 0 saturated heterocycles. The quantitative estimate of drug-likeness (QED) is 0.930. The Hall–Kier alpha value is -1.24. The van der Waals surface area contributed by atoms with Gasteiger partial charge in [0, 0.05) is 4.88 Å². The maximum absolute atomic E-state index is 12.9. The fourth-order valence-electron chi connectivity index (χ4n) is 3.20.